The number of carbonyl (C=O) groups is 1. The van der Waals surface area contributed by atoms with E-state index in [-0.39, 0.29) is 17.7 Å². The summed E-state index contributed by atoms with van der Waals surface area (Å²) >= 11 is 0. The van der Waals surface area contributed by atoms with Crippen molar-refractivity contribution in [3.8, 4) is 5.75 Å². The largest absolute Gasteiger partial charge is 0.507 e. The molecule has 2 aromatic carbocycles. The van der Waals surface area contributed by atoms with Gasteiger partial charge in [0.05, 0.1) is 23.6 Å². The first kappa shape index (κ1) is 14.8. The van der Waals surface area contributed by atoms with E-state index in [4.69, 9.17) is 9.15 Å². The normalized spacial score (nSPS) is 10.7. The standard InChI is InChI=1S/C18H14O5/c1-22-17(20)12-7-3-2-6-11(12)10-14-16(19)13-8-4-5-9-15(13)23-18(14)21/h2-9,19H,10H2,1H3. The third-order valence-corrected chi connectivity index (χ3v) is 3.67. The fourth-order valence-electron chi connectivity index (χ4n) is 2.50. The molecule has 0 fully saturated rings. The van der Waals surface area contributed by atoms with Crippen molar-refractivity contribution in [1.82, 2.24) is 0 Å². The number of aromatic hydroxyl groups is 1. The molecule has 3 rings (SSSR count). The fraction of sp³-hybridized carbons (Fsp3) is 0.111. The van der Waals surface area contributed by atoms with Gasteiger partial charge >= 0.3 is 11.6 Å². The molecule has 116 valence electrons. The van der Waals surface area contributed by atoms with Crippen LogP contribution in [0.25, 0.3) is 11.0 Å². The maximum atomic E-state index is 12.2. The summed E-state index contributed by atoms with van der Waals surface area (Å²) in [4.78, 5) is 24.0. The highest BCUT2D eigenvalue weighted by Crippen LogP contribution is 2.28. The van der Waals surface area contributed by atoms with Gasteiger partial charge in [-0.3, -0.25) is 0 Å². The molecule has 0 atom stereocenters. The summed E-state index contributed by atoms with van der Waals surface area (Å²) < 4.78 is 9.98. The van der Waals surface area contributed by atoms with E-state index >= 15 is 0 Å². The minimum Gasteiger partial charge on any atom is -0.507 e. The lowest BCUT2D eigenvalue weighted by atomic mass is 9.99. The van der Waals surface area contributed by atoms with E-state index < -0.39 is 11.6 Å². The molecule has 1 N–H and O–H groups in total. The average molecular weight is 310 g/mol. The molecule has 0 saturated carbocycles. The van der Waals surface area contributed by atoms with Gasteiger partial charge in [-0.1, -0.05) is 30.3 Å². The van der Waals surface area contributed by atoms with Crippen LogP contribution in [-0.4, -0.2) is 18.2 Å². The first-order chi connectivity index (χ1) is 11.1. The van der Waals surface area contributed by atoms with Crippen LogP contribution < -0.4 is 5.63 Å². The summed E-state index contributed by atoms with van der Waals surface area (Å²) in [5.74, 6) is -0.623. The van der Waals surface area contributed by atoms with Gasteiger partial charge in [-0.15, -0.1) is 0 Å². The van der Waals surface area contributed by atoms with Gasteiger partial charge < -0.3 is 14.3 Å². The zero-order valence-corrected chi connectivity index (χ0v) is 12.4. The van der Waals surface area contributed by atoms with Gasteiger partial charge in [0.15, 0.2) is 0 Å². The number of methoxy groups -OCH3 is 1. The maximum Gasteiger partial charge on any atom is 0.343 e. The van der Waals surface area contributed by atoms with Gasteiger partial charge in [0.2, 0.25) is 0 Å². The lowest BCUT2D eigenvalue weighted by Gasteiger charge is -2.09. The molecule has 0 aliphatic carbocycles. The van der Waals surface area contributed by atoms with Crippen LogP contribution >= 0.6 is 0 Å². The average Bonchev–Trinajstić information content (AvgIpc) is 2.58. The lowest BCUT2D eigenvalue weighted by Crippen LogP contribution is -2.12. The minimum atomic E-state index is -0.624. The lowest BCUT2D eigenvalue weighted by molar-refractivity contribution is 0.0599. The Morgan fingerprint density at radius 1 is 1.13 bits per heavy atom. The van der Waals surface area contributed by atoms with Gasteiger partial charge in [-0.05, 0) is 23.8 Å². The molecule has 1 heterocycles. The first-order valence-electron chi connectivity index (χ1n) is 7.01. The van der Waals surface area contributed by atoms with Crippen molar-refractivity contribution in [2.24, 2.45) is 0 Å². The summed E-state index contributed by atoms with van der Waals surface area (Å²) in [5.41, 5.74) is 0.736. The molecule has 1 aromatic heterocycles. The van der Waals surface area contributed by atoms with Crippen molar-refractivity contribution < 1.29 is 19.1 Å². The van der Waals surface area contributed by atoms with E-state index in [1.807, 2.05) is 0 Å². The zero-order valence-electron chi connectivity index (χ0n) is 12.4. The fourth-order valence-corrected chi connectivity index (χ4v) is 2.50. The quantitative estimate of drug-likeness (QED) is 0.594. The number of benzene rings is 2. The Labute approximate surface area is 131 Å². The van der Waals surface area contributed by atoms with Crippen LogP contribution in [0.15, 0.2) is 57.7 Å². The van der Waals surface area contributed by atoms with Gasteiger partial charge in [-0.2, -0.15) is 0 Å². The van der Waals surface area contributed by atoms with Crippen molar-refractivity contribution in [2.45, 2.75) is 6.42 Å². The Bertz CT molecular complexity index is 940. The molecular formula is C18H14O5. The monoisotopic (exact) mass is 310 g/mol. The predicted molar refractivity (Wildman–Crippen MR) is 84.7 cm³/mol. The second kappa shape index (κ2) is 5.96. The molecule has 0 bridgehead atoms. The zero-order chi connectivity index (χ0) is 16.4. The number of carbonyl (C=O) groups excluding carboxylic acids is 1. The molecule has 23 heavy (non-hydrogen) atoms. The number of para-hydroxylation sites is 1. The van der Waals surface area contributed by atoms with Gasteiger partial charge in [0, 0.05) is 6.42 Å². The topological polar surface area (TPSA) is 76.7 Å². The summed E-state index contributed by atoms with van der Waals surface area (Å²) in [6.45, 7) is 0. The summed E-state index contributed by atoms with van der Waals surface area (Å²) in [6.07, 6.45) is 0.0737. The van der Waals surface area contributed by atoms with Crippen LogP contribution in [0.2, 0.25) is 0 Å². The molecule has 0 radical (unpaired) electrons. The molecule has 0 aliphatic heterocycles. The molecule has 5 heteroatoms. The SMILES string of the molecule is COC(=O)c1ccccc1Cc1c(O)c2ccccc2oc1=O. The Morgan fingerprint density at radius 2 is 1.83 bits per heavy atom. The van der Waals surface area contributed by atoms with E-state index in [1.165, 1.54) is 7.11 Å². The third-order valence-electron chi connectivity index (χ3n) is 3.67. The smallest absolute Gasteiger partial charge is 0.343 e. The van der Waals surface area contributed by atoms with Crippen molar-refractivity contribution in [2.75, 3.05) is 7.11 Å². The van der Waals surface area contributed by atoms with Crippen LogP contribution in [0.3, 0.4) is 0 Å². The number of ether oxygens (including phenoxy) is 1. The van der Waals surface area contributed by atoms with Crippen LogP contribution in [0.1, 0.15) is 21.5 Å². The molecule has 3 aromatic rings. The Morgan fingerprint density at radius 3 is 2.61 bits per heavy atom. The summed E-state index contributed by atoms with van der Waals surface area (Å²) in [5, 5.41) is 10.9. The molecule has 0 spiro atoms. The van der Waals surface area contributed by atoms with Gasteiger partial charge in [-0.25, -0.2) is 9.59 Å². The Kier molecular flexibility index (Phi) is 3.85. The van der Waals surface area contributed by atoms with Crippen molar-refractivity contribution in [3.63, 3.8) is 0 Å². The van der Waals surface area contributed by atoms with Gasteiger partial charge in [0.25, 0.3) is 0 Å². The maximum absolute atomic E-state index is 12.2. The van der Waals surface area contributed by atoms with E-state index in [9.17, 15) is 14.7 Å². The molecular weight excluding hydrogens is 296 g/mol. The van der Waals surface area contributed by atoms with Crippen LogP contribution in [-0.2, 0) is 11.2 Å². The number of rotatable bonds is 3. The van der Waals surface area contributed by atoms with Crippen molar-refractivity contribution in [1.29, 1.82) is 0 Å². The second-order valence-corrected chi connectivity index (χ2v) is 5.04. The summed E-state index contributed by atoms with van der Waals surface area (Å²) in [7, 11) is 1.29. The molecule has 0 unspecified atom stereocenters. The van der Waals surface area contributed by atoms with Crippen LogP contribution in [0.5, 0.6) is 5.75 Å². The highest BCUT2D eigenvalue weighted by Gasteiger charge is 2.18. The molecule has 0 amide bonds. The van der Waals surface area contributed by atoms with E-state index in [0.29, 0.717) is 22.1 Å². The van der Waals surface area contributed by atoms with E-state index in [1.54, 1.807) is 48.5 Å². The second-order valence-electron chi connectivity index (χ2n) is 5.04. The number of fused-ring (bicyclic) bond motifs is 1. The number of esters is 1. The summed E-state index contributed by atoms with van der Waals surface area (Å²) in [6, 6.07) is 13.5. The highest BCUT2D eigenvalue weighted by molar-refractivity contribution is 5.91. The van der Waals surface area contributed by atoms with Gasteiger partial charge in [0.1, 0.15) is 11.3 Å². The Hall–Kier alpha value is -3.08. The predicted octanol–water partition coefficient (Wildman–Crippen LogP) is 2.88. The van der Waals surface area contributed by atoms with Crippen LogP contribution in [0.4, 0.5) is 0 Å². The van der Waals surface area contributed by atoms with Crippen LogP contribution in [0, 0.1) is 0 Å². The van der Waals surface area contributed by atoms with Crippen molar-refractivity contribution in [3.05, 3.63) is 75.6 Å². The first-order valence-corrected chi connectivity index (χ1v) is 7.01. The highest BCUT2D eigenvalue weighted by atomic mass is 16.5. The molecule has 5 nitrogen and oxygen atoms in total. The van der Waals surface area contributed by atoms with E-state index in [0.717, 1.165) is 0 Å². The molecule has 0 saturated heterocycles. The van der Waals surface area contributed by atoms with E-state index in [2.05, 4.69) is 0 Å². The number of hydrogen-bond donors (Lipinski definition) is 1. The minimum absolute atomic E-state index is 0.0737. The van der Waals surface area contributed by atoms with Crippen molar-refractivity contribution >= 4 is 16.9 Å². The number of hydrogen-bond acceptors (Lipinski definition) is 5. The Balaban J connectivity index is 2.13. The molecule has 0 aliphatic rings. The third kappa shape index (κ3) is 2.68.